The molecule has 0 amide bonds. The van der Waals surface area contributed by atoms with E-state index in [0.29, 0.717) is 6.42 Å². The molecule has 13 heavy (non-hydrogen) atoms. The summed E-state index contributed by atoms with van der Waals surface area (Å²) in [6, 6.07) is 5.38. The highest BCUT2D eigenvalue weighted by atomic mass is 16.1. The lowest BCUT2D eigenvalue weighted by Crippen LogP contribution is -2.09. The van der Waals surface area contributed by atoms with Gasteiger partial charge in [-0.1, -0.05) is 6.92 Å². The molecule has 0 spiro atoms. The van der Waals surface area contributed by atoms with Crippen molar-refractivity contribution in [3.05, 3.63) is 30.1 Å². The number of aromatic nitrogens is 1. The van der Waals surface area contributed by atoms with Gasteiger partial charge in [0, 0.05) is 18.8 Å². The van der Waals surface area contributed by atoms with Gasteiger partial charge in [0.15, 0.2) is 5.78 Å². The molecule has 1 rings (SSSR count). The molecular weight excluding hydrogens is 164 g/mol. The molecule has 66 valence electrons. The van der Waals surface area contributed by atoms with Crippen molar-refractivity contribution < 1.29 is 4.79 Å². The molecular formula is C10H10N2O. The lowest BCUT2D eigenvalue weighted by Gasteiger charge is -2.05. The van der Waals surface area contributed by atoms with Gasteiger partial charge in [0.2, 0.25) is 0 Å². The SMILES string of the molecule is CCC(=O)C(C#N)c1ccncc1. The van der Waals surface area contributed by atoms with Crippen molar-refractivity contribution in [3.8, 4) is 6.07 Å². The van der Waals surface area contributed by atoms with Gasteiger partial charge in [0.05, 0.1) is 6.07 Å². The van der Waals surface area contributed by atoms with Crippen LogP contribution < -0.4 is 0 Å². The van der Waals surface area contributed by atoms with E-state index in [1.807, 2.05) is 6.07 Å². The Hall–Kier alpha value is -1.69. The molecule has 0 saturated heterocycles. The van der Waals surface area contributed by atoms with Crippen molar-refractivity contribution >= 4 is 5.78 Å². The van der Waals surface area contributed by atoms with Crippen LogP contribution in [0.3, 0.4) is 0 Å². The van der Waals surface area contributed by atoms with Crippen molar-refractivity contribution in [1.29, 1.82) is 5.26 Å². The molecule has 0 N–H and O–H groups in total. The molecule has 1 aromatic rings. The van der Waals surface area contributed by atoms with Crippen molar-refractivity contribution in [1.82, 2.24) is 4.98 Å². The van der Waals surface area contributed by atoms with E-state index in [0.717, 1.165) is 5.56 Å². The van der Waals surface area contributed by atoms with E-state index in [4.69, 9.17) is 5.26 Å². The van der Waals surface area contributed by atoms with Crippen LogP contribution >= 0.6 is 0 Å². The molecule has 1 unspecified atom stereocenters. The maximum Gasteiger partial charge on any atom is 0.154 e. The number of carbonyl (C=O) groups excluding carboxylic acids is 1. The van der Waals surface area contributed by atoms with Crippen molar-refractivity contribution in [2.75, 3.05) is 0 Å². The molecule has 0 aliphatic rings. The Morgan fingerprint density at radius 2 is 2.23 bits per heavy atom. The molecule has 3 nitrogen and oxygen atoms in total. The fourth-order valence-corrected chi connectivity index (χ4v) is 1.09. The van der Waals surface area contributed by atoms with Crippen LogP contribution in [0.2, 0.25) is 0 Å². The first kappa shape index (κ1) is 9.40. The fraction of sp³-hybridized carbons (Fsp3) is 0.300. The lowest BCUT2D eigenvalue weighted by atomic mass is 9.96. The molecule has 0 bridgehead atoms. The molecule has 0 fully saturated rings. The smallest absolute Gasteiger partial charge is 0.154 e. The number of ketones is 1. The summed E-state index contributed by atoms with van der Waals surface area (Å²) >= 11 is 0. The third kappa shape index (κ3) is 2.12. The normalized spacial score (nSPS) is 11.7. The number of rotatable bonds is 3. The van der Waals surface area contributed by atoms with Gasteiger partial charge in [0.25, 0.3) is 0 Å². The molecule has 0 saturated carbocycles. The van der Waals surface area contributed by atoms with E-state index in [9.17, 15) is 4.79 Å². The first-order chi connectivity index (χ1) is 6.29. The Morgan fingerprint density at radius 3 is 2.69 bits per heavy atom. The number of nitrogens with zero attached hydrogens (tertiary/aromatic N) is 2. The summed E-state index contributed by atoms with van der Waals surface area (Å²) < 4.78 is 0. The summed E-state index contributed by atoms with van der Waals surface area (Å²) in [7, 11) is 0. The Bertz CT molecular complexity index is 327. The van der Waals surface area contributed by atoms with E-state index in [2.05, 4.69) is 4.98 Å². The van der Waals surface area contributed by atoms with Crippen LogP contribution in [0.1, 0.15) is 24.8 Å². The zero-order valence-corrected chi connectivity index (χ0v) is 7.40. The van der Waals surface area contributed by atoms with Crippen LogP contribution in [0.25, 0.3) is 0 Å². The van der Waals surface area contributed by atoms with Gasteiger partial charge >= 0.3 is 0 Å². The average Bonchev–Trinajstić information content (AvgIpc) is 2.20. The number of hydrogen-bond donors (Lipinski definition) is 0. The van der Waals surface area contributed by atoms with Crippen LogP contribution in [0.5, 0.6) is 0 Å². The zero-order valence-electron chi connectivity index (χ0n) is 7.40. The second-order valence-electron chi connectivity index (χ2n) is 2.66. The topological polar surface area (TPSA) is 53.8 Å². The van der Waals surface area contributed by atoms with Gasteiger partial charge in [-0.3, -0.25) is 9.78 Å². The average molecular weight is 174 g/mol. The molecule has 0 aromatic carbocycles. The summed E-state index contributed by atoms with van der Waals surface area (Å²) in [6.45, 7) is 1.76. The quantitative estimate of drug-likeness (QED) is 0.700. The summed E-state index contributed by atoms with van der Waals surface area (Å²) in [5.41, 5.74) is 0.726. The van der Waals surface area contributed by atoms with E-state index in [-0.39, 0.29) is 5.78 Å². The van der Waals surface area contributed by atoms with Gasteiger partial charge in [-0.15, -0.1) is 0 Å². The monoisotopic (exact) mass is 174 g/mol. The second-order valence-corrected chi connectivity index (χ2v) is 2.66. The Morgan fingerprint density at radius 1 is 1.62 bits per heavy atom. The van der Waals surface area contributed by atoms with E-state index in [1.165, 1.54) is 0 Å². The fourth-order valence-electron chi connectivity index (χ4n) is 1.09. The number of pyridine rings is 1. The first-order valence-corrected chi connectivity index (χ1v) is 4.11. The molecule has 3 heteroatoms. The van der Waals surface area contributed by atoms with Gasteiger partial charge in [-0.25, -0.2) is 0 Å². The number of carbonyl (C=O) groups is 1. The Kier molecular flexibility index (Phi) is 3.15. The third-order valence-electron chi connectivity index (χ3n) is 1.84. The number of Topliss-reactive ketones (excluding diaryl/α,β-unsaturated/α-hetero) is 1. The molecule has 1 aromatic heterocycles. The predicted octanol–water partition coefficient (Wildman–Crippen LogP) is 1.67. The van der Waals surface area contributed by atoms with Crippen molar-refractivity contribution in [3.63, 3.8) is 0 Å². The van der Waals surface area contributed by atoms with Gasteiger partial charge in [0.1, 0.15) is 5.92 Å². The first-order valence-electron chi connectivity index (χ1n) is 4.11. The van der Waals surface area contributed by atoms with E-state index in [1.54, 1.807) is 31.5 Å². The van der Waals surface area contributed by atoms with Gasteiger partial charge in [-0.05, 0) is 17.7 Å². The molecule has 1 heterocycles. The van der Waals surface area contributed by atoms with E-state index >= 15 is 0 Å². The Balaban J connectivity index is 2.93. The maximum absolute atomic E-state index is 11.3. The third-order valence-corrected chi connectivity index (χ3v) is 1.84. The van der Waals surface area contributed by atoms with Gasteiger partial charge < -0.3 is 0 Å². The van der Waals surface area contributed by atoms with Crippen LogP contribution in [0.15, 0.2) is 24.5 Å². The number of nitriles is 1. The Labute approximate surface area is 77.0 Å². The standard InChI is InChI=1S/C10H10N2O/c1-2-10(13)9(7-11)8-3-5-12-6-4-8/h3-6,9H,2H2,1H3. The highest BCUT2D eigenvalue weighted by Gasteiger charge is 2.17. The molecule has 0 aliphatic carbocycles. The maximum atomic E-state index is 11.3. The minimum Gasteiger partial charge on any atom is -0.298 e. The van der Waals surface area contributed by atoms with Crippen molar-refractivity contribution in [2.24, 2.45) is 0 Å². The molecule has 1 atom stereocenters. The van der Waals surface area contributed by atoms with E-state index < -0.39 is 5.92 Å². The zero-order chi connectivity index (χ0) is 9.68. The summed E-state index contributed by atoms with van der Waals surface area (Å²) in [5.74, 6) is -0.679. The van der Waals surface area contributed by atoms with Crippen molar-refractivity contribution in [2.45, 2.75) is 19.3 Å². The van der Waals surface area contributed by atoms with Crippen LogP contribution in [0, 0.1) is 11.3 Å². The van der Waals surface area contributed by atoms with Crippen LogP contribution in [-0.2, 0) is 4.79 Å². The predicted molar refractivity (Wildman–Crippen MR) is 47.9 cm³/mol. The van der Waals surface area contributed by atoms with Crippen LogP contribution in [0.4, 0.5) is 0 Å². The van der Waals surface area contributed by atoms with Gasteiger partial charge in [-0.2, -0.15) is 5.26 Å². The summed E-state index contributed by atoms with van der Waals surface area (Å²) in [5, 5.41) is 8.79. The summed E-state index contributed by atoms with van der Waals surface area (Å²) in [6.07, 6.45) is 3.56. The second kappa shape index (κ2) is 4.36. The lowest BCUT2D eigenvalue weighted by molar-refractivity contribution is -0.119. The molecule has 0 radical (unpaired) electrons. The highest BCUT2D eigenvalue weighted by Crippen LogP contribution is 2.15. The van der Waals surface area contributed by atoms with Crippen LogP contribution in [-0.4, -0.2) is 10.8 Å². The minimum absolute atomic E-state index is 0.0475. The number of hydrogen-bond acceptors (Lipinski definition) is 3. The molecule has 0 aliphatic heterocycles. The largest absolute Gasteiger partial charge is 0.298 e. The minimum atomic E-state index is -0.631. The highest BCUT2D eigenvalue weighted by molar-refractivity contribution is 5.88. The summed E-state index contributed by atoms with van der Waals surface area (Å²) in [4.78, 5) is 15.1.